The highest BCUT2D eigenvalue weighted by molar-refractivity contribution is 6.35. The molecule has 24 heavy (non-hydrogen) atoms. The largest absolute Gasteiger partial charge is 0.495 e. The molecule has 0 unspecified atom stereocenters. The summed E-state index contributed by atoms with van der Waals surface area (Å²) >= 11 is 6.48. The molecule has 2 rings (SSSR count). The smallest absolute Gasteiger partial charge is 0.331 e. The number of hydrogen-bond acceptors (Lipinski definition) is 4. The van der Waals surface area contributed by atoms with Crippen molar-refractivity contribution >= 4 is 34.4 Å². The van der Waals surface area contributed by atoms with Crippen LogP contribution in [0.4, 0.5) is 0 Å². The van der Waals surface area contributed by atoms with Gasteiger partial charge in [-0.1, -0.05) is 35.9 Å². The molecule has 1 N–H and O–H groups in total. The van der Waals surface area contributed by atoms with Gasteiger partial charge >= 0.3 is 5.97 Å². The number of methoxy groups -OCH3 is 3. The molecule has 0 atom stereocenters. The topological polar surface area (TPSA) is 65.0 Å². The summed E-state index contributed by atoms with van der Waals surface area (Å²) in [6.07, 6.45) is 1.76. The summed E-state index contributed by atoms with van der Waals surface area (Å²) in [5, 5.41) is 11.3. The second-order valence-corrected chi connectivity index (χ2v) is 5.44. The Labute approximate surface area is 145 Å². The van der Waals surface area contributed by atoms with Crippen molar-refractivity contribution < 1.29 is 24.1 Å². The minimum absolute atomic E-state index is 0.175. The molecular weight excluding hydrogens is 332 g/mol. The van der Waals surface area contributed by atoms with E-state index in [1.54, 1.807) is 0 Å². The number of fused-ring (bicyclic) bond motifs is 1. The lowest BCUT2D eigenvalue weighted by Gasteiger charge is -2.16. The fraction of sp³-hybridized carbons (Fsp3) is 0.278. The third-order valence-electron chi connectivity index (χ3n) is 3.67. The maximum Gasteiger partial charge on any atom is 0.331 e. The SMILES string of the molecule is COCCC(=Cc1c(Cl)c(OC)c2ccccc2c1OC)C(=O)O. The monoisotopic (exact) mass is 350 g/mol. The van der Waals surface area contributed by atoms with Crippen LogP contribution in [0.15, 0.2) is 29.8 Å². The summed E-state index contributed by atoms with van der Waals surface area (Å²) in [6.45, 7) is 0.294. The predicted octanol–water partition coefficient (Wildman–Crippen LogP) is 4.01. The zero-order valence-corrected chi connectivity index (χ0v) is 14.5. The number of carbonyl (C=O) groups is 1. The predicted molar refractivity (Wildman–Crippen MR) is 94.2 cm³/mol. The van der Waals surface area contributed by atoms with Gasteiger partial charge in [-0.25, -0.2) is 4.79 Å². The van der Waals surface area contributed by atoms with Gasteiger partial charge in [-0.3, -0.25) is 0 Å². The minimum atomic E-state index is -1.03. The third kappa shape index (κ3) is 3.47. The first-order chi connectivity index (χ1) is 11.5. The zero-order chi connectivity index (χ0) is 17.7. The van der Waals surface area contributed by atoms with Crippen molar-refractivity contribution in [2.75, 3.05) is 27.9 Å². The molecular formula is C18H19ClO5. The van der Waals surface area contributed by atoms with Crippen LogP contribution in [0.2, 0.25) is 5.02 Å². The first kappa shape index (κ1) is 18.1. The molecule has 6 heteroatoms. The number of ether oxygens (including phenoxy) is 3. The quantitative estimate of drug-likeness (QED) is 0.764. The average molecular weight is 351 g/mol. The van der Waals surface area contributed by atoms with Crippen LogP contribution < -0.4 is 9.47 Å². The lowest BCUT2D eigenvalue weighted by atomic mass is 10.0. The van der Waals surface area contributed by atoms with E-state index in [2.05, 4.69) is 0 Å². The number of halogens is 1. The van der Waals surface area contributed by atoms with Crippen LogP contribution in [0.1, 0.15) is 12.0 Å². The van der Waals surface area contributed by atoms with Gasteiger partial charge in [0.05, 0.1) is 25.8 Å². The maximum absolute atomic E-state index is 11.5. The highest BCUT2D eigenvalue weighted by Crippen LogP contribution is 2.44. The van der Waals surface area contributed by atoms with Crippen molar-refractivity contribution in [1.29, 1.82) is 0 Å². The van der Waals surface area contributed by atoms with Crippen LogP contribution in [-0.4, -0.2) is 39.0 Å². The summed E-state index contributed by atoms with van der Waals surface area (Å²) in [7, 11) is 4.57. The van der Waals surface area contributed by atoms with Crippen molar-refractivity contribution in [2.45, 2.75) is 6.42 Å². The molecule has 5 nitrogen and oxygen atoms in total. The highest BCUT2D eigenvalue weighted by atomic mass is 35.5. The molecule has 0 heterocycles. The lowest BCUT2D eigenvalue weighted by Crippen LogP contribution is -2.04. The summed E-state index contributed by atoms with van der Waals surface area (Å²) in [6, 6.07) is 7.49. The summed E-state index contributed by atoms with van der Waals surface area (Å²) < 4.78 is 15.9. The molecule has 2 aromatic rings. The molecule has 0 spiro atoms. The third-order valence-corrected chi connectivity index (χ3v) is 4.05. The molecule has 0 aliphatic carbocycles. The second-order valence-electron chi connectivity index (χ2n) is 5.06. The molecule has 0 fully saturated rings. The van der Waals surface area contributed by atoms with Crippen LogP contribution >= 0.6 is 11.6 Å². The number of benzene rings is 2. The van der Waals surface area contributed by atoms with E-state index in [0.717, 1.165) is 10.8 Å². The molecule has 0 aliphatic heterocycles. The van der Waals surface area contributed by atoms with Crippen LogP contribution in [0.5, 0.6) is 11.5 Å². The molecule has 0 saturated heterocycles. The van der Waals surface area contributed by atoms with E-state index in [1.807, 2.05) is 24.3 Å². The van der Waals surface area contributed by atoms with Crippen LogP contribution in [0.25, 0.3) is 16.8 Å². The molecule has 0 aromatic heterocycles. The van der Waals surface area contributed by atoms with Gasteiger partial charge in [0.1, 0.15) is 11.5 Å². The molecule has 2 aromatic carbocycles. The maximum atomic E-state index is 11.5. The Balaban J connectivity index is 2.77. The van der Waals surface area contributed by atoms with E-state index in [9.17, 15) is 9.90 Å². The van der Waals surface area contributed by atoms with E-state index >= 15 is 0 Å². The van der Waals surface area contributed by atoms with Gasteiger partial charge in [-0.05, 0) is 6.08 Å². The van der Waals surface area contributed by atoms with Crippen molar-refractivity contribution in [3.8, 4) is 11.5 Å². The van der Waals surface area contributed by atoms with Gasteiger partial charge < -0.3 is 19.3 Å². The van der Waals surface area contributed by atoms with E-state index < -0.39 is 5.97 Å². The van der Waals surface area contributed by atoms with E-state index in [0.29, 0.717) is 28.7 Å². The van der Waals surface area contributed by atoms with Crippen LogP contribution in [-0.2, 0) is 9.53 Å². The van der Waals surface area contributed by atoms with E-state index in [-0.39, 0.29) is 12.0 Å². The highest BCUT2D eigenvalue weighted by Gasteiger charge is 2.20. The summed E-state index contributed by atoms with van der Waals surface area (Å²) in [4.78, 5) is 11.5. The second kappa shape index (κ2) is 8.04. The molecule has 128 valence electrons. The Kier molecular flexibility index (Phi) is 6.06. The Bertz CT molecular complexity index is 783. The Morgan fingerprint density at radius 2 is 1.71 bits per heavy atom. The van der Waals surface area contributed by atoms with Crippen molar-refractivity contribution in [3.05, 3.63) is 40.4 Å². The zero-order valence-electron chi connectivity index (χ0n) is 13.8. The molecule has 0 saturated carbocycles. The Hall–Kier alpha value is -2.24. The van der Waals surface area contributed by atoms with E-state index in [4.69, 9.17) is 25.8 Å². The number of rotatable bonds is 7. The van der Waals surface area contributed by atoms with Gasteiger partial charge in [-0.15, -0.1) is 0 Å². The fourth-order valence-electron chi connectivity index (χ4n) is 2.54. The number of carboxylic acid groups (broad SMARTS) is 1. The van der Waals surface area contributed by atoms with Crippen LogP contribution in [0, 0.1) is 0 Å². The van der Waals surface area contributed by atoms with Gasteiger partial charge in [0.15, 0.2) is 0 Å². The van der Waals surface area contributed by atoms with Crippen molar-refractivity contribution in [1.82, 2.24) is 0 Å². The summed E-state index contributed by atoms with van der Waals surface area (Å²) in [5.41, 5.74) is 0.651. The number of carboxylic acids is 1. The standard InChI is InChI=1S/C18H19ClO5/c1-22-9-8-11(18(20)21)10-14-15(19)17(24-3)13-7-5-4-6-12(13)16(14)23-2/h4-7,10H,8-9H2,1-3H3,(H,20,21). The molecule has 0 radical (unpaired) electrons. The number of hydrogen-bond donors (Lipinski definition) is 1. The van der Waals surface area contributed by atoms with Crippen LogP contribution in [0.3, 0.4) is 0 Å². The number of aliphatic carboxylic acids is 1. The first-order valence-corrected chi connectivity index (χ1v) is 7.67. The molecule has 0 aliphatic rings. The molecule has 0 amide bonds. The molecule has 0 bridgehead atoms. The van der Waals surface area contributed by atoms with Crippen molar-refractivity contribution in [3.63, 3.8) is 0 Å². The lowest BCUT2D eigenvalue weighted by molar-refractivity contribution is -0.132. The van der Waals surface area contributed by atoms with Gasteiger partial charge in [0.25, 0.3) is 0 Å². The van der Waals surface area contributed by atoms with Gasteiger partial charge in [0, 0.05) is 35.4 Å². The Morgan fingerprint density at radius 3 is 2.21 bits per heavy atom. The Morgan fingerprint density at radius 1 is 1.12 bits per heavy atom. The van der Waals surface area contributed by atoms with E-state index in [1.165, 1.54) is 27.4 Å². The van der Waals surface area contributed by atoms with Gasteiger partial charge in [-0.2, -0.15) is 0 Å². The minimum Gasteiger partial charge on any atom is -0.495 e. The van der Waals surface area contributed by atoms with Crippen molar-refractivity contribution in [2.24, 2.45) is 0 Å². The fourth-order valence-corrected chi connectivity index (χ4v) is 2.86. The average Bonchev–Trinajstić information content (AvgIpc) is 2.58. The summed E-state index contributed by atoms with van der Waals surface area (Å²) in [5.74, 6) is -0.0411. The van der Waals surface area contributed by atoms with Gasteiger partial charge in [0.2, 0.25) is 0 Å². The normalized spacial score (nSPS) is 11.6. The first-order valence-electron chi connectivity index (χ1n) is 7.30.